The van der Waals surface area contributed by atoms with Crippen LogP contribution in [0.4, 0.5) is 4.39 Å². The topological polar surface area (TPSA) is 38.3 Å². The highest BCUT2D eigenvalue weighted by Crippen LogP contribution is 2.82. The maximum Gasteiger partial charge on any atom is 0.310 e. The van der Waals surface area contributed by atoms with Crippen molar-refractivity contribution in [1.29, 1.82) is 0 Å². The van der Waals surface area contributed by atoms with Crippen molar-refractivity contribution in [2.75, 3.05) is 6.61 Å². The van der Waals surface area contributed by atoms with Crippen molar-refractivity contribution in [3.63, 3.8) is 0 Å². The van der Waals surface area contributed by atoms with Crippen LogP contribution in [-0.4, -0.2) is 18.6 Å². The molecule has 0 radical (unpaired) electrons. The number of hydrogen-bond donors (Lipinski definition) is 1. The number of carbonyl (C=O) groups excluding carboxylic acids is 1. The zero-order valence-corrected chi connectivity index (χ0v) is 13.2. The summed E-state index contributed by atoms with van der Waals surface area (Å²) in [5.74, 6) is 4.32. The molecule has 0 aromatic heterocycles. The average molecular weight is 315 g/mol. The Morgan fingerprint density at radius 3 is 2.57 bits per heavy atom. The third-order valence-corrected chi connectivity index (χ3v) is 6.94. The summed E-state index contributed by atoms with van der Waals surface area (Å²) in [6, 6.07) is 6.86. The first-order chi connectivity index (χ1) is 11.2. The molecule has 5 aliphatic carbocycles. The largest absolute Gasteiger partial charge is 0.466 e. The van der Waals surface area contributed by atoms with Crippen LogP contribution in [0.5, 0.6) is 0 Å². The zero-order valence-electron chi connectivity index (χ0n) is 13.2. The Bertz CT molecular complexity index is 645. The van der Waals surface area contributed by atoms with E-state index in [0.717, 1.165) is 29.2 Å². The van der Waals surface area contributed by atoms with Crippen LogP contribution >= 0.6 is 0 Å². The van der Waals surface area contributed by atoms with E-state index < -0.39 is 0 Å². The van der Waals surface area contributed by atoms with Gasteiger partial charge in [-0.05, 0) is 66.5 Å². The molecular formula is C19H22FNO2. The summed E-state index contributed by atoms with van der Waals surface area (Å²) in [7, 11) is 0. The molecule has 0 saturated heterocycles. The number of nitrogens with one attached hydrogen (secondary N) is 1. The lowest BCUT2D eigenvalue weighted by Gasteiger charge is -2.30. The second-order valence-electron chi connectivity index (χ2n) is 7.68. The third kappa shape index (κ3) is 1.81. The van der Waals surface area contributed by atoms with Crippen LogP contribution in [0.15, 0.2) is 24.3 Å². The van der Waals surface area contributed by atoms with Crippen LogP contribution in [0.25, 0.3) is 0 Å². The highest BCUT2D eigenvalue weighted by molar-refractivity contribution is 5.75. The van der Waals surface area contributed by atoms with Gasteiger partial charge < -0.3 is 10.1 Å². The van der Waals surface area contributed by atoms with Crippen molar-refractivity contribution in [3.05, 3.63) is 35.6 Å². The Kier molecular flexibility index (Phi) is 2.91. The van der Waals surface area contributed by atoms with E-state index in [1.165, 1.54) is 18.6 Å². The molecule has 5 saturated carbocycles. The maximum absolute atomic E-state index is 13.0. The van der Waals surface area contributed by atoms with Gasteiger partial charge in [0, 0.05) is 12.6 Å². The number of hydrogen-bond acceptors (Lipinski definition) is 3. The minimum absolute atomic E-state index is 0.00685. The molecule has 0 aliphatic heterocycles. The lowest BCUT2D eigenvalue weighted by molar-refractivity contribution is -0.151. The molecule has 1 aromatic carbocycles. The van der Waals surface area contributed by atoms with Gasteiger partial charge in [-0.1, -0.05) is 12.1 Å². The van der Waals surface area contributed by atoms with Gasteiger partial charge in [0.25, 0.3) is 0 Å². The van der Waals surface area contributed by atoms with E-state index in [0.29, 0.717) is 25.0 Å². The van der Waals surface area contributed by atoms with Crippen LogP contribution in [0.3, 0.4) is 0 Å². The molecule has 6 rings (SSSR count). The fourth-order valence-electron chi connectivity index (χ4n) is 6.42. The maximum atomic E-state index is 13.0. The molecule has 1 aromatic rings. The van der Waals surface area contributed by atoms with Crippen molar-refractivity contribution in [2.24, 2.45) is 41.4 Å². The molecule has 122 valence electrons. The van der Waals surface area contributed by atoms with Gasteiger partial charge in [0.2, 0.25) is 0 Å². The summed E-state index contributed by atoms with van der Waals surface area (Å²) in [6.07, 6.45) is 1.33. The number of carbonyl (C=O) groups is 1. The molecule has 6 bridgehead atoms. The predicted octanol–water partition coefficient (Wildman–Crippen LogP) is 2.60. The summed E-state index contributed by atoms with van der Waals surface area (Å²) < 4.78 is 18.4. The van der Waals surface area contributed by atoms with E-state index in [4.69, 9.17) is 4.74 Å². The van der Waals surface area contributed by atoms with Gasteiger partial charge in [-0.25, -0.2) is 4.39 Å². The fraction of sp³-hybridized carbons (Fsp3) is 0.632. The van der Waals surface area contributed by atoms with Crippen molar-refractivity contribution >= 4 is 5.97 Å². The molecule has 4 heteroatoms. The highest BCUT2D eigenvalue weighted by atomic mass is 19.1. The molecule has 5 aliphatic rings. The first kappa shape index (κ1) is 14.0. The van der Waals surface area contributed by atoms with Gasteiger partial charge >= 0.3 is 5.97 Å². The molecular weight excluding hydrogens is 293 g/mol. The fourth-order valence-corrected chi connectivity index (χ4v) is 6.42. The summed E-state index contributed by atoms with van der Waals surface area (Å²) in [5.41, 5.74) is 1.07. The lowest BCUT2D eigenvalue weighted by atomic mass is 9.84. The first-order valence-electron chi connectivity index (χ1n) is 8.85. The van der Waals surface area contributed by atoms with Gasteiger partial charge in [0.15, 0.2) is 0 Å². The Hall–Kier alpha value is -1.42. The second-order valence-corrected chi connectivity index (χ2v) is 7.68. The van der Waals surface area contributed by atoms with Crippen LogP contribution < -0.4 is 5.32 Å². The van der Waals surface area contributed by atoms with E-state index in [1.54, 1.807) is 0 Å². The smallest absolute Gasteiger partial charge is 0.310 e. The van der Waals surface area contributed by atoms with Gasteiger partial charge in [0.05, 0.1) is 12.5 Å². The minimum atomic E-state index is -0.209. The minimum Gasteiger partial charge on any atom is -0.466 e. The third-order valence-electron chi connectivity index (χ3n) is 6.94. The lowest BCUT2D eigenvalue weighted by Crippen LogP contribution is -2.45. The zero-order chi connectivity index (χ0) is 15.7. The SMILES string of the molecule is CCOC(=O)C1C(NCc2ccc(F)cc2)C2C3CC4C2C4C31. The number of esters is 1. The van der Waals surface area contributed by atoms with E-state index in [1.807, 2.05) is 19.1 Å². The number of halogens is 1. The van der Waals surface area contributed by atoms with E-state index in [2.05, 4.69) is 5.32 Å². The van der Waals surface area contributed by atoms with Crippen LogP contribution in [0, 0.1) is 47.2 Å². The van der Waals surface area contributed by atoms with Crippen molar-refractivity contribution in [1.82, 2.24) is 5.32 Å². The molecule has 0 spiro atoms. The van der Waals surface area contributed by atoms with Crippen molar-refractivity contribution in [2.45, 2.75) is 25.9 Å². The van der Waals surface area contributed by atoms with Gasteiger partial charge in [-0.2, -0.15) is 0 Å². The van der Waals surface area contributed by atoms with E-state index in [9.17, 15) is 9.18 Å². The first-order valence-corrected chi connectivity index (χ1v) is 8.85. The number of ether oxygens (including phenoxy) is 1. The van der Waals surface area contributed by atoms with E-state index in [-0.39, 0.29) is 23.7 Å². The predicted molar refractivity (Wildman–Crippen MR) is 82.7 cm³/mol. The molecule has 1 N–H and O–H groups in total. The number of benzene rings is 1. The second kappa shape index (κ2) is 4.79. The Balaban J connectivity index is 1.35. The summed E-state index contributed by atoms with van der Waals surface area (Å²) in [4.78, 5) is 12.5. The van der Waals surface area contributed by atoms with E-state index >= 15 is 0 Å². The summed E-state index contributed by atoms with van der Waals surface area (Å²) in [6.45, 7) is 3.03. The monoisotopic (exact) mass is 315 g/mol. The molecule has 8 atom stereocenters. The van der Waals surface area contributed by atoms with Crippen LogP contribution in [0.1, 0.15) is 18.9 Å². The standard InChI is InChI=1S/C19H22FNO2/c1-2-23-19(22)17-15-12-7-11-13(15)14(11)16(12)18(17)21-8-9-3-5-10(20)6-4-9/h3-6,11-18,21H,2,7-8H2,1H3. The Morgan fingerprint density at radius 1 is 1.17 bits per heavy atom. The molecule has 0 amide bonds. The van der Waals surface area contributed by atoms with Gasteiger partial charge in [-0.15, -0.1) is 0 Å². The Morgan fingerprint density at radius 2 is 1.87 bits per heavy atom. The summed E-state index contributed by atoms with van der Waals surface area (Å²) >= 11 is 0. The average Bonchev–Trinajstić information content (AvgIpc) is 2.88. The summed E-state index contributed by atoms with van der Waals surface area (Å²) in [5, 5.41) is 3.63. The molecule has 5 fully saturated rings. The highest BCUT2D eigenvalue weighted by Gasteiger charge is 2.81. The normalized spacial score (nSPS) is 44.6. The number of rotatable bonds is 5. The van der Waals surface area contributed by atoms with Crippen molar-refractivity contribution in [3.8, 4) is 0 Å². The van der Waals surface area contributed by atoms with Crippen LogP contribution in [0.2, 0.25) is 0 Å². The molecule has 0 heterocycles. The van der Waals surface area contributed by atoms with Gasteiger partial charge in [-0.3, -0.25) is 4.79 Å². The van der Waals surface area contributed by atoms with Crippen LogP contribution in [-0.2, 0) is 16.1 Å². The Labute approximate surface area is 135 Å². The molecule has 8 unspecified atom stereocenters. The van der Waals surface area contributed by atoms with Gasteiger partial charge in [0.1, 0.15) is 5.82 Å². The molecule has 23 heavy (non-hydrogen) atoms. The quantitative estimate of drug-likeness (QED) is 0.849. The van der Waals surface area contributed by atoms with Crippen molar-refractivity contribution < 1.29 is 13.9 Å². The molecule has 3 nitrogen and oxygen atoms in total.